The average Bonchev–Trinajstić information content (AvgIpc) is 2.83. The molecule has 2 rings (SSSR count). The van der Waals surface area contributed by atoms with Crippen molar-refractivity contribution in [3.8, 4) is 6.07 Å². The summed E-state index contributed by atoms with van der Waals surface area (Å²) in [5.74, 6) is -0.0721. The van der Waals surface area contributed by atoms with Gasteiger partial charge in [-0.1, -0.05) is 15.9 Å². The number of nitrogens with zero attached hydrogens (tertiary/aromatic N) is 1. The standard InChI is InChI=1S/C12H12BrN3O/c13-9-4-3-8(7-14)11(6-9)16-12(17)10-2-1-5-15-10/h3-4,6,10,15H,1-2,5H2,(H,16,17)/t10-/m1/s1. The molecule has 0 spiro atoms. The molecule has 5 heteroatoms. The summed E-state index contributed by atoms with van der Waals surface area (Å²) in [7, 11) is 0. The van der Waals surface area contributed by atoms with Gasteiger partial charge < -0.3 is 10.6 Å². The van der Waals surface area contributed by atoms with E-state index in [0.29, 0.717) is 11.3 Å². The van der Waals surface area contributed by atoms with Crippen LogP contribution < -0.4 is 10.6 Å². The summed E-state index contributed by atoms with van der Waals surface area (Å²) >= 11 is 3.32. The molecule has 1 amide bonds. The molecule has 0 aromatic heterocycles. The summed E-state index contributed by atoms with van der Waals surface area (Å²) in [6.45, 7) is 0.877. The second-order valence-corrected chi connectivity index (χ2v) is 4.86. The fourth-order valence-electron chi connectivity index (χ4n) is 1.85. The Hall–Kier alpha value is -1.38. The zero-order valence-corrected chi connectivity index (χ0v) is 10.8. The summed E-state index contributed by atoms with van der Waals surface area (Å²) in [5.41, 5.74) is 1.03. The number of hydrogen-bond donors (Lipinski definition) is 2. The lowest BCUT2D eigenvalue weighted by Gasteiger charge is -2.12. The first-order chi connectivity index (χ1) is 8.20. The van der Waals surface area contributed by atoms with Gasteiger partial charge in [-0.2, -0.15) is 5.26 Å². The largest absolute Gasteiger partial charge is 0.324 e. The molecule has 1 aromatic carbocycles. The number of carbonyl (C=O) groups excluding carboxylic acids is 1. The predicted octanol–water partition coefficient (Wildman–Crippen LogP) is 2.01. The fourth-order valence-corrected chi connectivity index (χ4v) is 2.21. The lowest BCUT2D eigenvalue weighted by molar-refractivity contribution is -0.117. The summed E-state index contributed by atoms with van der Waals surface area (Å²) in [5, 5.41) is 14.9. The van der Waals surface area contributed by atoms with Crippen molar-refractivity contribution in [2.45, 2.75) is 18.9 Å². The smallest absolute Gasteiger partial charge is 0.241 e. The van der Waals surface area contributed by atoms with Gasteiger partial charge in [0.05, 0.1) is 17.3 Å². The van der Waals surface area contributed by atoms with E-state index in [0.717, 1.165) is 23.9 Å². The van der Waals surface area contributed by atoms with Crippen LogP contribution in [0.2, 0.25) is 0 Å². The van der Waals surface area contributed by atoms with Gasteiger partial charge in [0.2, 0.25) is 5.91 Å². The zero-order valence-electron chi connectivity index (χ0n) is 9.16. The SMILES string of the molecule is N#Cc1ccc(Br)cc1NC(=O)[C@H]1CCCN1. The summed E-state index contributed by atoms with van der Waals surface area (Å²) in [6.07, 6.45) is 1.86. The average molecular weight is 294 g/mol. The Morgan fingerprint density at radius 1 is 1.59 bits per heavy atom. The topological polar surface area (TPSA) is 64.9 Å². The van der Waals surface area contributed by atoms with E-state index in [4.69, 9.17) is 5.26 Å². The Kier molecular flexibility index (Phi) is 3.77. The number of amides is 1. The molecule has 1 fully saturated rings. The Labute approximate surface area is 108 Å². The van der Waals surface area contributed by atoms with Crippen molar-refractivity contribution in [1.82, 2.24) is 5.32 Å². The van der Waals surface area contributed by atoms with Crippen LogP contribution >= 0.6 is 15.9 Å². The van der Waals surface area contributed by atoms with E-state index < -0.39 is 0 Å². The molecule has 1 heterocycles. The third kappa shape index (κ3) is 2.84. The molecule has 0 unspecified atom stereocenters. The minimum absolute atomic E-state index is 0.0721. The van der Waals surface area contributed by atoms with Crippen molar-refractivity contribution >= 4 is 27.5 Å². The van der Waals surface area contributed by atoms with Crippen LogP contribution in [-0.4, -0.2) is 18.5 Å². The highest BCUT2D eigenvalue weighted by molar-refractivity contribution is 9.10. The second kappa shape index (κ2) is 5.30. The van der Waals surface area contributed by atoms with Gasteiger partial charge in [0.25, 0.3) is 0 Å². The number of benzene rings is 1. The lowest BCUT2D eigenvalue weighted by atomic mass is 10.1. The van der Waals surface area contributed by atoms with Crippen LogP contribution in [0, 0.1) is 11.3 Å². The number of carbonyl (C=O) groups is 1. The Morgan fingerprint density at radius 2 is 2.41 bits per heavy atom. The summed E-state index contributed by atoms with van der Waals surface area (Å²) in [4.78, 5) is 11.9. The monoisotopic (exact) mass is 293 g/mol. The molecule has 1 aliphatic heterocycles. The molecular formula is C12H12BrN3O. The Bertz CT molecular complexity index is 475. The highest BCUT2D eigenvalue weighted by atomic mass is 79.9. The molecule has 1 atom stereocenters. The van der Waals surface area contributed by atoms with E-state index in [1.807, 2.05) is 0 Å². The van der Waals surface area contributed by atoms with Crippen molar-refractivity contribution in [3.05, 3.63) is 28.2 Å². The van der Waals surface area contributed by atoms with Crippen molar-refractivity contribution in [1.29, 1.82) is 5.26 Å². The van der Waals surface area contributed by atoms with Crippen LogP contribution in [0.1, 0.15) is 18.4 Å². The van der Waals surface area contributed by atoms with Crippen LogP contribution in [0.5, 0.6) is 0 Å². The van der Waals surface area contributed by atoms with Gasteiger partial charge in [0.1, 0.15) is 6.07 Å². The number of nitrogens with one attached hydrogen (secondary N) is 2. The predicted molar refractivity (Wildman–Crippen MR) is 68.5 cm³/mol. The van der Waals surface area contributed by atoms with Gasteiger partial charge in [-0.25, -0.2) is 0 Å². The molecule has 2 N–H and O–H groups in total. The van der Waals surface area contributed by atoms with Gasteiger partial charge in [0.15, 0.2) is 0 Å². The maximum absolute atomic E-state index is 11.9. The van der Waals surface area contributed by atoms with Crippen LogP contribution in [0.3, 0.4) is 0 Å². The minimum Gasteiger partial charge on any atom is -0.324 e. The van der Waals surface area contributed by atoms with Crippen LogP contribution in [0.4, 0.5) is 5.69 Å². The first-order valence-corrected chi connectivity index (χ1v) is 6.24. The van der Waals surface area contributed by atoms with Crippen molar-refractivity contribution in [2.24, 2.45) is 0 Å². The van der Waals surface area contributed by atoms with E-state index in [1.165, 1.54) is 0 Å². The molecule has 0 saturated carbocycles. The van der Waals surface area contributed by atoms with Gasteiger partial charge in [0, 0.05) is 4.47 Å². The number of anilines is 1. The van der Waals surface area contributed by atoms with E-state index in [2.05, 4.69) is 32.6 Å². The van der Waals surface area contributed by atoms with E-state index >= 15 is 0 Å². The number of halogens is 1. The molecule has 1 saturated heterocycles. The van der Waals surface area contributed by atoms with E-state index in [9.17, 15) is 4.79 Å². The molecule has 0 bridgehead atoms. The zero-order chi connectivity index (χ0) is 12.3. The van der Waals surface area contributed by atoms with Gasteiger partial charge in [-0.15, -0.1) is 0 Å². The number of hydrogen-bond acceptors (Lipinski definition) is 3. The van der Waals surface area contributed by atoms with Crippen LogP contribution in [0.15, 0.2) is 22.7 Å². The summed E-state index contributed by atoms with van der Waals surface area (Å²) < 4.78 is 0.839. The minimum atomic E-state index is -0.138. The third-order valence-electron chi connectivity index (χ3n) is 2.74. The normalized spacial score (nSPS) is 18.7. The van der Waals surface area contributed by atoms with Gasteiger partial charge in [-0.05, 0) is 37.6 Å². The van der Waals surface area contributed by atoms with Crippen LogP contribution in [0.25, 0.3) is 0 Å². The van der Waals surface area contributed by atoms with E-state index in [1.54, 1.807) is 18.2 Å². The van der Waals surface area contributed by atoms with Crippen molar-refractivity contribution < 1.29 is 4.79 Å². The first-order valence-electron chi connectivity index (χ1n) is 5.44. The lowest BCUT2D eigenvalue weighted by Crippen LogP contribution is -2.35. The summed E-state index contributed by atoms with van der Waals surface area (Å²) in [6, 6.07) is 7.13. The molecule has 0 radical (unpaired) electrons. The highest BCUT2D eigenvalue weighted by Crippen LogP contribution is 2.21. The molecule has 4 nitrogen and oxygen atoms in total. The fraction of sp³-hybridized carbons (Fsp3) is 0.333. The Morgan fingerprint density at radius 3 is 3.06 bits per heavy atom. The second-order valence-electron chi connectivity index (χ2n) is 3.94. The third-order valence-corrected chi connectivity index (χ3v) is 3.23. The maximum Gasteiger partial charge on any atom is 0.241 e. The van der Waals surface area contributed by atoms with E-state index in [-0.39, 0.29) is 11.9 Å². The Balaban J connectivity index is 2.15. The number of rotatable bonds is 2. The highest BCUT2D eigenvalue weighted by Gasteiger charge is 2.22. The van der Waals surface area contributed by atoms with Gasteiger partial charge in [-0.3, -0.25) is 4.79 Å². The molecule has 1 aromatic rings. The molecule has 88 valence electrons. The first kappa shape index (κ1) is 12.1. The molecule has 0 aliphatic carbocycles. The maximum atomic E-state index is 11.9. The van der Waals surface area contributed by atoms with Crippen molar-refractivity contribution in [2.75, 3.05) is 11.9 Å². The molecular weight excluding hydrogens is 282 g/mol. The molecule has 17 heavy (non-hydrogen) atoms. The number of nitriles is 1. The quantitative estimate of drug-likeness (QED) is 0.877. The van der Waals surface area contributed by atoms with Gasteiger partial charge >= 0.3 is 0 Å². The van der Waals surface area contributed by atoms with Crippen molar-refractivity contribution in [3.63, 3.8) is 0 Å². The van der Waals surface area contributed by atoms with Crippen LogP contribution in [-0.2, 0) is 4.79 Å². The molecule has 1 aliphatic rings.